The summed E-state index contributed by atoms with van der Waals surface area (Å²) in [5.74, 6) is -0.320. The summed E-state index contributed by atoms with van der Waals surface area (Å²) in [6.45, 7) is 12.4. The first kappa shape index (κ1) is 41.3. The number of nitrogens with zero attached hydrogens (tertiary/aromatic N) is 1. The van der Waals surface area contributed by atoms with Gasteiger partial charge in [-0.1, -0.05) is 81.0 Å². The Hall–Kier alpha value is -4.85. The standard InChI is InChI=1S/C39H54N4O7/c1-9-11-12-13-17-24-43(35(46)30(26-32(40)44)42-37(48)50-39(6,7)8)33(29-22-20-27(10-2)21-23-29)34(45)41-31(36(47)49-38(3,4)5)25-28-18-15-14-16-19-28/h2,14-16,18-23,30-31,33H,9,11-13,17,24-26H2,1,3-8H3,(H2,40,44)(H,41,45)(H,42,48). The van der Waals surface area contributed by atoms with E-state index in [4.69, 9.17) is 21.6 Å². The molecule has 11 nitrogen and oxygen atoms in total. The Labute approximate surface area is 297 Å². The lowest BCUT2D eigenvalue weighted by Gasteiger charge is -2.35. The molecule has 0 fully saturated rings. The van der Waals surface area contributed by atoms with E-state index in [0.717, 1.165) is 31.2 Å². The summed E-state index contributed by atoms with van der Waals surface area (Å²) in [4.78, 5) is 68.9. The molecular formula is C39H54N4O7. The molecule has 50 heavy (non-hydrogen) atoms. The molecule has 0 saturated heterocycles. The van der Waals surface area contributed by atoms with Crippen molar-refractivity contribution in [2.45, 2.75) is 123 Å². The highest BCUT2D eigenvalue weighted by Gasteiger charge is 2.38. The average molecular weight is 691 g/mol. The largest absolute Gasteiger partial charge is 0.458 e. The third kappa shape index (κ3) is 14.7. The van der Waals surface area contributed by atoms with Gasteiger partial charge in [0, 0.05) is 18.5 Å². The molecule has 3 atom stereocenters. The van der Waals surface area contributed by atoms with E-state index < -0.39 is 65.5 Å². The van der Waals surface area contributed by atoms with Crippen LogP contribution in [0.15, 0.2) is 54.6 Å². The van der Waals surface area contributed by atoms with Crippen LogP contribution in [-0.4, -0.2) is 64.5 Å². The molecule has 4 N–H and O–H groups in total. The second-order valence-corrected chi connectivity index (χ2v) is 14.3. The molecule has 272 valence electrons. The molecule has 2 aromatic rings. The van der Waals surface area contributed by atoms with Gasteiger partial charge in [-0.3, -0.25) is 14.4 Å². The first-order valence-corrected chi connectivity index (χ1v) is 17.2. The number of amides is 4. The van der Waals surface area contributed by atoms with Crippen molar-refractivity contribution in [1.82, 2.24) is 15.5 Å². The van der Waals surface area contributed by atoms with Crippen molar-refractivity contribution in [3.05, 3.63) is 71.3 Å². The van der Waals surface area contributed by atoms with Gasteiger partial charge in [-0.15, -0.1) is 6.42 Å². The molecule has 0 saturated carbocycles. The van der Waals surface area contributed by atoms with Crippen molar-refractivity contribution in [1.29, 1.82) is 0 Å². The normalized spacial score (nSPS) is 13.2. The SMILES string of the molecule is C#Cc1ccc(C(C(=O)NC(Cc2ccccc2)C(=O)OC(C)(C)C)N(CCCCCCC)C(=O)C(CC(N)=O)NC(=O)OC(C)(C)C)cc1. The first-order valence-electron chi connectivity index (χ1n) is 17.2. The smallest absolute Gasteiger partial charge is 0.408 e. The van der Waals surface area contributed by atoms with E-state index >= 15 is 0 Å². The number of hydrogen-bond acceptors (Lipinski definition) is 7. The Morgan fingerprint density at radius 3 is 1.96 bits per heavy atom. The van der Waals surface area contributed by atoms with Gasteiger partial charge in [-0.05, 0) is 71.2 Å². The number of hydrogen-bond donors (Lipinski definition) is 3. The van der Waals surface area contributed by atoms with Gasteiger partial charge in [0.25, 0.3) is 0 Å². The number of carbonyl (C=O) groups is 5. The van der Waals surface area contributed by atoms with Crippen molar-refractivity contribution in [3.8, 4) is 12.3 Å². The zero-order chi connectivity index (χ0) is 37.5. The number of rotatable bonds is 17. The Morgan fingerprint density at radius 2 is 1.42 bits per heavy atom. The number of esters is 1. The Kier molecular flexibility index (Phi) is 16.0. The van der Waals surface area contributed by atoms with Crippen LogP contribution in [-0.2, 0) is 35.1 Å². The quantitative estimate of drug-likeness (QED) is 0.115. The van der Waals surface area contributed by atoms with E-state index in [1.807, 2.05) is 30.3 Å². The lowest BCUT2D eigenvalue weighted by Crippen LogP contribution is -2.55. The van der Waals surface area contributed by atoms with Crippen molar-refractivity contribution in [2.75, 3.05) is 6.54 Å². The van der Waals surface area contributed by atoms with Crippen molar-refractivity contribution < 1.29 is 33.4 Å². The fourth-order valence-electron chi connectivity index (χ4n) is 5.20. The molecule has 2 rings (SSSR count). The number of unbranched alkanes of at least 4 members (excludes halogenated alkanes) is 4. The zero-order valence-corrected chi connectivity index (χ0v) is 30.5. The predicted molar refractivity (Wildman–Crippen MR) is 192 cm³/mol. The van der Waals surface area contributed by atoms with Crippen LogP contribution in [0.3, 0.4) is 0 Å². The van der Waals surface area contributed by atoms with E-state index in [9.17, 15) is 24.0 Å². The summed E-state index contributed by atoms with van der Waals surface area (Å²) in [7, 11) is 0. The maximum Gasteiger partial charge on any atom is 0.408 e. The number of nitrogens with one attached hydrogen (secondary N) is 2. The van der Waals surface area contributed by atoms with Crippen LogP contribution in [0, 0.1) is 12.3 Å². The average Bonchev–Trinajstić information content (AvgIpc) is 3.02. The summed E-state index contributed by atoms with van der Waals surface area (Å²) in [5.41, 5.74) is 5.56. The first-order chi connectivity index (χ1) is 23.4. The molecule has 3 unspecified atom stereocenters. The highest BCUT2D eigenvalue weighted by atomic mass is 16.6. The lowest BCUT2D eigenvalue weighted by atomic mass is 9.98. The number of nitrogens with two attached hydrogens (primary N) is 1. The van der Waals surface area contributed by atoms with Crippen LogP contribution in [0.5, 0.6) is 0 Å². The monoisotopic (exact) mass is 690 g/mol. The summed E-state index contributed by atoms with van der Waals surface area (Å²) in [6, 6.07) is 11.9. The Morgan fingerprint density at radius 1 is 0.820 bits per heavy atom. The molecular weight excluding hydrogens is 636 g/mol. The van der Waals surface area contributed by atoms with Gasteiger partial charge in [0.05, 0.1) is 6.42 Å². The van der Waals surface area contributed by atoms with Gasteiger partial charge >= 0.3 is 12.1 Å². The minimum atomic E-state index is -1.44. The topological polar surface area (TPSA) is 157 Å². The molecule has 0 aliphatic heterocycles. The van der Waals surface area contributed by atoms with Crippen molar-refractivity contribution in [3.63, 3.8) is 0 Å². The molecule has 0 spiro atoms. The third-order valence-electron chi connectivity index (χ3n) is 7.42. The van der Waals surface area contributed by atoms with Crippen LogP contribution < -0.4 is 16.4 Å². The highest BCUT2D eigenvalue weighted by molar-refractivity contribution is 5.95. The van der Waals surface area contributed by atoms with E-state index in [2.05, 4.69) is 23.5 Å². The molecule has 0 aromatic heterocycles. The molecule has 0 heterocycles. The third-order valence-corrected chi connectivity index (χ3v) is 7.42. The Bertz CT molecular complexity index is 1470. The van der Waals surface area contributed by atoms with Crippen LogP contribution in [0.1, 0.15) is 110 Å². The summed E-state index contributed by atoms with van der Waals surface area (Å²) in [6.07, 6.45) is 8.46. The highest BCUT2D eigenvalue weighted by Crippen LogP contribution is 2.26. The van der Waals surface area contributed by atoms with Gasteiger partial charge in [0.1, 0.15) is 29.3 Å². The summed E-state index contributed by atoms with van der Waals surface area (Å²) < 4.78 is 11.1. The molecule has 0 aliphatic rings. The van der Waals surface area contributed by atoms with Crippen molar-refractivity contribution >= 4 is 29.8 Å². The molecule has 0 aliphatic carbocycles. The molecule has 0 bridgehead atoms. The number of alkyl carbamates (subject to hydrolysis) is 1. The van der Waals surface area contributed by atoms with E-state index in [1.165, 1.54) is 4.90 Å². The molecule has 0 radical (unpaired) electrons. The second-order valence-electron chi connectivity index (χ2n) is 14.3. The summed E-state index contributed by atoms with van der Waals surface area (Å²) in [5, 5.41) is 5.35. The van der Waals surface area contributed by atoms with Gasteiger partial charge in [0.15, 0.2) is 0 Å². The maximum atomic E-state index is 14.5. The minimum absolute atomic E-state index is 0.0958. The number of benzene rings is 2. The number of ether oxygens (including phenoxy) is 2. The number of terminal acetylenes is 1. The molecule has 11 heteroatoms. The van der Waals surface area contributed by atoms with Crippen molar-refractivity contribution in [2.24, 2.45) is 5.73 Å². The Balaban J connectivity index is 2.66. The number of primary amides is 1. The lowest BCUT2D eigenvalue weighted by molar-refractivity contribution is -0.159. The zero-order valence-electron chi connectivity index (χ0n) is 30.5. The van der Waals surface area contributed by atoms with E-state index in [0.29, 0.717) is 17.5 Å². The van der Waals surface area contributed by atoms with E-state index in [-0.39, 0.29) is 13.0 Å². The fourth-order valence-corrected chi connectivity index (χ4v) is 5.20. The maximum absolute atomic E-state index is 14.5. The minimum Gasteiger partial charge on any atom is -0.458 e. The molecule has 2 aromatic carbocycles. The van der Waals surface area contributed by atoms with Crippen LogP contribution in [0.4, 0.5) is 4.79 Å². The second kappa shape index (κ2) is 19.4. The van der Waals surface area contributed by atoms with Gasteiger partial charge < -0.3 is 30.7 Å². The fraction of sp³-hybridized carbons (Fsp3) is 0.513. The van der Waals surface area contributed by atoms with Crippen LogP contribution in [0.2, 0.25) is 0 Å². The summed E-state index contributed by atoms with van der Waals surface area (Å²) >= 11 is 0. The van der Waals surface area contributed by atoms with Gasteiger partial charge in [0.2, 0.25) is 17.7 Å². The van der Waals surface area contributed by atoms with Gasteiger partial charge in [-0.25, -0.2) is 9.59 Å². The predicted octanol–water partition coefficient (Wildman–Crippen LogP) is 5.35. The van der Waals surface area contributed by atoms with E-state index in [1.54, 1.807) is 65.8 Å². The van der Waals surface area contributed by atoms with Crippen LogP contribution in [0.25, 0.3) is 0 Å². The van der Waals surface area contributed by atoms with Gasteiger partial charge in [-0.2, -0.15) is 0 Å². The number of carbonyl (C=O) groups excluding carboxylic acids is 5. The molecule has 4 amide bonds. The van der Waals surface area contributed by atoms with Crippen LogP contribution >= 0.6 is 0 Å².